The molecular weight excluding hydrogens is 866 g/mol. The first-order chi connectivity index (χ1) is 29.9. The maximum absolute atomic E-state index is 13.0. The maximum Gasteiger partial charge on any atom is 0.472 e. The molecule has 63 heavy (non-hydrogen) atoms. The molecule has 372 valence electrons. The van der Waals surface area contributed by atoms with E-state index in [1.54, 1.807) is 0 Å². The van der Waals surface area contributed by atoms with Gasteiger partial charge in [-0.15, -0.1) is 0 Å². The first kappa shape index (κ1) is 59.7. The smallest absolute Gasteiger partial charge is 0.462 e. The Labute approximate surface area is 375 Å². The van der Waals surface area contributed by atoms with Crippen molar-refractivity contribution in [1.29, 1.82) is 0 Å². The van der Waals surface area contributed by atoms with E-state index in [1.807, 2.05) is 12.2 Å². The molecule has 9 N–H and O–H groups in total. The second-order valence-corrected chi connectivity index (χ2v) is 19.4. The van der Waals surface area contributed by atoms with Gasteiger partial charge in [0, 0.05) is 12.8 Å². The SMILES string of the molecule is CCCCC/C=C\C[C@@H](O)[C@H](O)CCCCCCCC(=O)OC[C@H](COP(=O)(O)O[C@H]1C(O)C(O)C(O)[C@@H](OP(=O)(O)O)C1O)OC(=O)CCCCCCCCCCCCCCC. The molecule has 0 bridgehead atoms. The normalized spacial score (nSPS) is 23.0. The highest BCUT2D eigenvalue weighted by Gasteiger charge is 2.54. The summed E-state index contributed by atoms with van der Waals surface area (Å²) < 4.78 is 49.2. The van der Waals surface area contributed by atoms with E-state index in [2.05, 4.69) is 18.4 Å². The van der Waals surface area contributed by atoms with E-state index in [0.717, 1.165) is 64.2 Å². The average Bonchev–Trinajstić information content (AvgIpc) is 3.23. The average molecular weight is 949 g/mol. The summed E-state index contributed by atoms with van der Waals surface area (Å²) >= 11 is 0. The number of phosphoric acid groups is 2. The fraction of sp³-hybridized carbons (Fsp3) is 0.907. The highest BCUT2D eigenvalue weighted by Crippen LogP contribution is 2.49. The van der Waals surface area contributed by atoms with Crippen LogP contribution in [0.3, 0.4) is 0 Å². The van der Waals surface area contributed by atoms with Gasteiger partial charge in [0.1, 0.15) is 43.2 Å². The minimum Gasteiger partial charge on any atom is -0.462 e. The summed E-state index contributed by atoms with van der Waals surface area (Å²) in [7, 11) is -10.7. The fourth-order valence-electron chi connectivity index (χ4n) is 7.23. The number of allylic oxidation sites excluding steroid dienone is 1. The number of hydrogen-bond donors (Lipinski definition) is 9. The largest absolute Gasteiger partial charge is 0.472 e. The van der Waals surface area contributed by atoms with Gasteiger partial charge >= 0.3 is 27.6 Å². The fourth-order valence-corrected chi connectivity index (χ4v) is 8.76. The van der Waals surface area contributed by atoms with Gasteiger partial charge in [-0.3, -0.25) is 23.2 Å². The Balaban J connectivity index is 2.64. The number of unbranched alkanes of at least 4 members (excludes halogenated alkanes) is 19. The number of phosphoric ester groups is 2. The lowest BCUT2D eigenvalue weighted by Crippen LogP contribution is -2.64. The van der Waals surface area contributed by atoms with Gasteiger partial charge in [0.25, 0.3) is 0 Å². The van der Waals surface area contributed by atoms with Crippen LogP contribution in [0, 0.1) is 0 Å². The van der Waals surface area contributed by atoms with Crippen LogP contribution >= 0.6 is 15.6 Å². The Hall–Kier alpha value is -1.34. The quantitative estimate of drug-likeness (QED) is 0.0141. The first-order valence-electron chi connectivity index (χ1n) is 23.4. The Bertz CT molecular complexity index is 1320. The number of esters is 2. The molecule has 1 aliphatic rings. The molecule has 0 aromatic heterocycles. The number of aliphatic hydroxyl groups is 6. The van der Waals surface area contributed by atoms with Crippen LogP contribution in [0.25, 0.3) is 0 Å². The molecule has 1 aliphatic carbocycles. The molecular formula is C43H82O18P2. The zero-order valence-electron chi connectivity index (χ0n) is 37.7. The molecule has 0 aromatic rings. The molecule has 0 spiro atoms. The van der Waals surface area contributed by atoms with Crippen LogP contribution in [0.2, 0.25) is 0 Å². The summed E-state index contributed by atoms with van der Waals surface area (Å²) in [5.74, 6) is -1.31. The predicted molar refractivity (Wildman–Crippen MR) is 235 cm³/mol. The zero-order chi connectivity index (χ0) is 47.1. The van der Waals surface area contributed by atoms with Gasteiger partial charge in [0.2, 0.25) is 0 Å². The van der Waals surface area contributed by atoms with Crippen LogP contribution in [0.15, 0.2) is 12.2 Å². The van der Waals surface area contributed by atoms with Crippen molar-refractivity contribution >= 4 is 27.6 Å². The van der Waals surface area contributed by atoms with E-state index in [4.69, 9.17) is 28.3 Å². The standard InChI is InChI=1S/C43H82O18P2/c1-3-5-7-9-11-12-13-14-15-16-17-21-26-30-37(47)59-33(32-58-63(55,56)61-43-40(50)38(48)39(49)42(41(43)51)60-62(52,53)54)31-57-36(46)29-25-22-18-20-24-28-35(45)34(44)27-23-19-10-8-6-4-2/h19,23,33-35,38-45,48-51H,3-18,20-22,24-32H2,1-2H3,(H,55,56)(H2,52,53,54)/b23-19-/t33-,34-,35-,38?,39?,40?,41?,42-,43+/m1/s1. The summed E-state index contributed by atoms with van der Waals surface area (Å²) in [6.07, 6.45) is 10.5. The topological polar surface area (TPSA) is 296 Å². The highest BCUT2D eigenvalue weighted by atomic mass is 31.2. The van der Waals surface area contributed by atoms with E-state index >= 15 is 0 Å². The maximum atomic E-state index is 13.0. The Morgan fingerprint density at radius 1 is 0.556 bits per heavy atom. The molecule has 20 heteroatoms. The monoisotopic (exact) mass is 948 g/mol. The van der Waals surface area contributed by atoms with Crippen molar-refractivity contribution in [3.05, 3.63) is 12.2 Å². The van der Waals surface area contributed by atoms with Crippen LogP contribution in [-0.2, 0) is 41.8 Å². The first-order valence-corrected chi connectivity index (χ1v) is 26.4. The van der Waals surface area contributed by atoms with Crippen molar-refractivity contribution in [1.82, 2.24) is 0 Å². The lowest BCUT2D eigenvalue weighted by molar-refractivity contribution is -0.216. The van der Waals surface area contributed by atoms with E-state index in [0.29, 0.717) is 38.5 Å². The number of carbonyl (C=O) groups excluding carboxylic acids is 2. The van der Waals surface area contributed by atoms with E-state index in [1.165, 1.54) is 51.4 Å². The van der Waals surface area contributed by atoms with Gasteiger partial charge in [-0.1, -0.05) is 142 Å². The van der Waals surface area contributed by atoms with Gasteiger partial charge in [0.05, 0.1) is 18.8 Å². The predicted octanol–water partition coefficient (Wildman–Crippen LogP) is 6.34. The van der Waals surface area contributed by atoms with Crippen molar-refractivity contribution in [2.75, 3.05) is 13.2 Å². The number of rotatable bonds is 39. The minimum atomic E-state index is -5.38. The van der Waals surface area contributed by atoms with Gasteiger partial charge in [-0.2, -0.15) is 0 Å². The van der Waals surface area contributed by atoms with Gasteiger partial charge in [0.15, 0.2) is 6.10 Å². The lowest BCUT2D eigenvalue weighted by atomic mass is 9.85. The molecule has 1 saturated carbocycles. The third-order valence-electron chi connectivity index (χ3n) is 11.0. The van der Waals surface area contributed by atoms with Gasteiger partial charge < -0.3 is 54.8 Å². The van der Waals surface area contributed by atoms with Crippen molar-refractivity contribution in [2.45, 2.75) is 236 Å². The molecule has 1 fully saturated rings. The molecule has 0 radical (unpaired) electrons. The number of aliphatic hydroxyl groups excluding tert-OH is 6. The van der Waals surface area contributed by atoms with E-state index in [9.17, 15) is 54.3 Å². The molecule has 0 aliphatic heterocycles. The Kier molecular flexibility index (Phi) is 33.1. The summed E-state index contributed by atoms with van der Waals surface area (Å²) in [6.45, 7) is 2.91. The van der Waals surface area contributed by atoms with Crippen LogP contribution in [-0.4, -0.2) is 125 Å². The molecule has 18 nitrogen and oxygen atoms in total. The Morgan fingerprint density at radius 3 is 1.57 bits per heavy atom. The molecule has 0 saturated heterocycles. The van der Waals surface area contributed by atoms with Gasteiger partial charge in [-0.05, 0) is 38.5 Å². The number of ether oxygens (including phenoxy) is 2. The second kappa shape index (κ2) is 34.9. The summed E-state index contributed by atoms with van der Waals surface area (Å²) in [6, 6.07) is 0. The number of carbonyl (C=O) groups is 2. The van der Waals surface area contributed by atoms with Crippen molar-refractivity contribution < 1.29 is 87.1 Å². The van der Waals surface area contributed by atoms with Crippen LogP contribution < -0.4 is 0 Å². The summed E-state index contributed by atoms with van der Waals surface area (Å²) in [5.41, 5.74) is 0. The molecule has 1 rings (SSSR count). The zero-order valence-corrected chi connectivity index (χ0v) is 39.5. The minimum absolute atomic E-state index is 0.0171. The summed E-state index contributed by atoms with van der Waals surface area (Å²) in [4.78, 5) is 54.2. The molecule has 0 amide bonds. The molecule has 0 aromatic carbocycles. The van der Waals surface area contributed by atoms with Crippen molar-refractivity contribution in [2.24, 2.45) is 0 Å². The van der Waals surface area contributed by atoms with Gasteiger partial charge in [-0.25, -0.2) is 9.13 Å². The molecule has 0 heterocycles. The van der Waals surface area contributed by atoms with Crippen molar-refractivity contribution in [3.63, 3.8) is 0 Å². The lowest BCUT2D eigenvalue weighted by Gasteiger charge is -2.43. The van der Waals surface area contributed by atoms with Crippen LogP contribution in [0.4, 0.5) is 0 Å². The van der Waals surface area contributed by atoms with Crippen LogP contribution in [0.5, 0.6) is 0 Å². The summed E-state index contributed by atoms with van der Waals surface area (Å²) in [5, 5.41) is 61.7. The van der Waals surface area contributed by atoms with E-state index in [-0.39, 0.29) is 12.8 Å². The van der Waals surface area contributed by atoms with Crippen LogP contribution in [0.1, 0.15) is 181 Å². The molecule has 10 atom stereocenters. The third kappa shape index (κ3) is 29.1. The second-order valence-electron chi connectivity index (χ2n) is 16.8. The Morgan fingerprint density at radius 2 is 1.03 bits per heavy atom. The highest BCUT2D eigenvalue weighted by molar-refractivity contribution is 7.47. The molecule has 5 unspecified atom stereocenters. The number of hydrogen-bond acceptors (Lipinski definition) is 15. The van der Waals surface area contributed by atoms with Crippen molar-refractivity contribution in [3.8, 4) is 0 Å². The van der Waals surface area contributed by atoms with E-state index < -0.39 is 95.7 Å². The third-order valence-corrected chi connectivity index (χ3v) is 12.5.